The van der Waals surface area contributed by atoms with E-state index in [0.717, 1.165) is 24.0 Å². The lowest BCUT2D eigenvalue weighted by atomic mass is 9.43. The van der Waals surface area contributed by atoms with Gasteiger partial charge < -0.3 is 40.0 Å². The normalized spacial score (nSPS) is 21.5. The maximum atomic E-state index is 14.0. The summed E-state index contributed by atoms with van der Waals surface area (Å²) in [5, 5.41) is 40.1. The van der Waals surface area contributed by atoms with Gasteiger partial charge in [0.15, 0.2) is 11.6 Å². The molecule has 3 saturated carbocycles. The molecule has 6 N–H and O–H groups in total. The molecule has 2 bridgehead atoms. The number of hydrogen-bond acceptors (Lipinski definition) is 10. The van der Waals surface area contributed by atoms with Crippen molar-refractivity contribution in [3.8, 4) is 0 Å². The van der Waals surface area contributed by atoms with E-state index in [-0.39, 0.29) is 77.5 Å². The van der Waals surface area contributed by atoms with E-state index in [1.807, 2.05) is 27.7 Å². The molecule has 0 spiro atoms. The first-order valence-corrected chi connectivity index (χ1v) is 22.4. The van der Waals surface area contributed by atoms with Gasteiger partial charge in [-0.05, 0) is 112 Å². The first-order valence-electron chi connectivity index (χ1n) is 22.4. The molecule has 3 aliphatic carbocycles. The minimum Gasteiger partial charge on any atom is -0.427 e. The van der Waals surface area contributed by atoms with Gasteiger partial charge in [0.2, 0.25) is 0 Å². The van der Waals surface area contributed by atoms with Crippen LogP contribution in [0, 0.1) is 60.5 Å². The fourth-order valence-electron chi connectivity index (χ4n) is 9.24. The SMILES string of the molecule is CC(C)CB(O)O.Cc1ccc(F)c(C(=O)NCC(=O)C[C@@H](CC(C)C)B(O)O)c1.Cc1ccc(F)c(C(=O)NCC(=O)C[C@@H](CC(C)C)B2O[C@@H]3C[C@@H]4C[C@@H](C4(C)C)[C@]3(C)O2)c1. The van der Waals surface area contributed by atoms with E-state index in [2.05, 4.69) is 45.3 Å². The molecule has 17 heteroatoms. The highest BCUT2D eigenvalue weighted by atomic mass is 19.1. The molecule has 2 amide bonds. The first-order chi connectivity index (χ1) is 29.2. The lowest BCUT2D eigenvalue weighted by Crippen LogP contribution is -2.65. The van der Waals surface area contributed by atoms with Gasteiger partial charge in [-0.2, -0.15) is 0 Å². The summed E-state index contributed by atoms with van der Waals surface area (Å²) in [4.78, 5) is 49.0. The molecule has 4 aliphatic rings. The lowest BCUT2D eigenvalue weighted by molar-refractivity contribution is -0.199. The van der Waals surface area contributed by atoms with E-state index in [4.69, 9.17) is 19.4 Å². The second-order valence-electron chi connectivity index (χ2n) is 20.0. The number of hydrogen-bond donors (Lipinski definition) is 6. The summed E-state index contributed by atoms with van der Waals surface area (Å²) in [5.74, 6) is -1.44. The number of nitrogens with one attached hydrogen (secondary N) is 2. The van der Waals surface area contributed by atoms with Crippen molar-refractivity contribution in [3.05, 3.63) is 70.3 Å². The van der Waals surface area contributed by atoms with E-state index in [1.54, 1.807) is 26.0 Å². The fraction of sp³-hybridized carbons (Fsp3) is 0.652. The smallest absolute Gasteiger partial charge is 0.427 e. The lowest BCUT2D eigenvalue weighted by Gasteiger charge is -2.64. The molecule has 2 aromatic rings. The second-order valence-corrected chi connectivity index (χ2v) is 20.0. The zero-order chi connectivity index (χ0) is 47.6. The van der Waals surface area contributed by atoms with Crippen molar-refractivity contribution in [2.45, 2.75) is 144 Å². The van der Waals surface area contributed by atoms with Crippen LogP contribution in [0.2, 0.25) is 18.0 Å². The van der Waals surface area contributed by atoms with Crippen molar-refractivity contribution < 1.29 is 57.4 Å². The van der Waals surface area contributed by atoms with Gasteiger partial charge in [-0.15, -0.1) is 0 Å². The molecular formula is C46H71B3F2N2O10. The molecule has 1 aliphatic heterocycles. The molecule has 6 rings (SSSR count). The van der Waals surface area contributed by atoms with Crippen LogP contribution in [0.4, 0.5) is 8.78 Å². The van der Waals surface area contributed by atoms with E-state index in [1.165, 1.54) is 30.7 Å². The largest absolute Gasteiger partial charge is 0.461 e. The van der Waals surface area contributed by atoms with E-state index >= 15 is 0 Å². The van der Waals surface area contributed by atoms with Crippen LogP contribution in [0.1, 0.15) is 133 Å². The van der Waals surface area contributed by atoms with Crippen molar-refractivity contribution in [2.75, 3.05) is 13.1 Å². The summed E-state index contributed by atoms with van der Waals surface area (Å²) in [6.45, 7) is 22.0. The Balaban J connectivity index is 0.000000306. The molecule has 63 heavy (non-hydrogen) atoms. The first kappa shape index (κ1) is 53.9. The highest BCUT2D eigenvalue weighted by molar-refractivity contribution is 6.48. The van der Waals surface area contributed by atoms with Crippen molar-refractivity contribution in [1.29, 1.82) is 0 Å². The van der Waals surface area contributed by atoms with Crippen LogP contribution < -0.4 is 10.6 Å². The molecule has 1 saturated heterocycles. The minimum absolute atomic E-state index is 0.0393. The van der Waals surface area contributed by atoms with Crippen molar-refractivity contribution in [3.63, 3.8) is 0 Å². The third-order valence-electron chi connectivity index (χ3n) is 12.6. The van der Waals surface area contributed by atoms with Crippen LogP contribution in [0.5, 0.6) is 0 Å². The molecule has 0 radical (unpaired) electrons. The Kier molecular flexibility index (Phi) is 20.2. The number of carbonyl (C=O) groups excluding carboxylic acids is 4. The zero-order valence-corrected chi connectivity index (χ0v) is 39.2. The Labute approximate surface area is 374 Å². The Bertz CT molecular complexity index is 1860. The van der Waals surface area contributed by atoms with Gasteiger partial charge in [-0.25, -0.2) is 8.78 Å². The fourth-order valence-corrected chi connectivity index (χ4v) is 9.24. The van der Waals surface area contributed by atoms with Gasteiger partial charge >= 0.3 is 21.4 Å². The standard InChI is InChI=1S/C26H37BFNO4.C16H23BFNO4.C4H11BO2/c1-15(2)9-18(13-19(30)14-29-24(31)20-10-16(3)7-8-21(20)28)27-32-23-12-17-11-22(25(17,4)5)26(23,6)33-27;1-10(2)6-12(17(22)23)8-13(20)9-19-16(21)14-7-11(3)4-5-15(14)18;1-4(2)3-5(6)7/h7-8,10,15,17-18,22-23H,9,11-14H2,1-6H3,(H,29,31);4-5,7,10,12,22-23H,6,8-9H2,1-3H3,(H,19,21);4,6-7H,3H2,1-2H3/t17-,18+,22-,23+,26-;12-;/m01./s1. The quantitative estimate of drug-likeness (QED) is 0.0869. The molecule has 4 fully saturated rings. The maximum Gasteiger partial charge on any atom is 0.461 e. The van der Waals surface area contributed by atoms with Crippen LogP contribution in [0.15, 0.2) is 36.4 Å². The van der Waals surface area contributed by atoms with Gasteiger partial charge in [0, 0.05) is 24.5 Å². The third-order valence-corrected chi connectivity index (χ3v) is 12.6. The summed E-state index contributed by atoms with van der Waals surface area (Å²) in [7, 11) is -3.11. The number of Topliss-reactive ketones (excluding diaryl/α,β-unsaturated/α-hetero) is 2. The average Bonchev–Trinajstić information content (AvgIpc) is 3.54. The summed E-state index contributed by atoms with van der Waals surface area (Å²) in [5.41, 5.74) is 1.33. The number of ketones is 2. The Hall–Kier alpha value is -3.47. The Morgan fingerprint density at radius 2 is 1.25 bits per heavy atom. The molecule has 12 nitrogen and oxygen atoms in total. The average molecular weight is 883 g/mol. The Morgan fingerprint density at radius 1 is 0.762 bits per heavy atom. The highest BCUT2D eigenvalue weighted by Gasteiger charge is 2.68. The monoisotopic (exact) mass is 883 g/mol. The van der Waals surface area contributed by atoms with Crippen molar-refractivity contribution in [2.24, 2.45) is 35.0 Å². The summed E-state index contributed by atoms with van der Waals surface area (Å²) < 4.78 is 40.6. The van der Waals surface area contributed by atoms with Gasteiger partial charge in [0.05, 0.1) is 35.9 Å². The van der Waals surface area contributed by atoms with Crippen LogP contribution in [-0.2, 0) is 18.9 Å². The highest BCUT2D eigenvalue weighted by Crippen LogP contribution is 2.66. The van der Waals surface area contributed by atoms with Gasteiger partial charge in [0.1, 0.15) is 11.6 Å². The molecule has 0 unspecified atom stereocenters. The molecule has 6 atom stereocenters. The number of amides is 2. The maximum absolute atomic E-state index is 14.0. The number of rotatable bonds is 18. The number of halogens is 2. The third kappa shape index (κ3) is 15.6. The summed E-state index contributed by atoms with van der Waals surface area (Å²) in [6.07, 6.45) is 4.25. The summed E-state index contributed by atoms with van der Waals surface area (Å²) >= 11 is 0. The van der Waals surface area contributed by atoms with Crippen LogP contribution >= 0.6 is 0 Å². The zero-order valence-electron chi connectivity index (χ0n) is 39.2. The van der Waals surface area contributed by atoms with Gasteiger partial charge in [0.25, 0.3) is 11.8 Å². The molecule has 0 aromatic heterocycles. The van der Waals surface area contributed by atoms with Crippen molar-refractivity contribution >= 4 is 44.7 Å². The molecule has 2 aromatic carbocycles. The second kappa shape index (κ2) is 23.6. The van der Waals surface area contributed by atoms with E-state index < -0.39 is 50.6 Å². The van der Waals surface area contributed by atoms with Crippen LogP contribution in [-0.4, -0.2) is 89.6 Å². The minimum atomic E-state index is -1.58. The van der Waals surface area contributed by atoms with Crippen LogP contribution in [0.25, 0.3) is 0 Å². The van der Waals surface area contributed by atoms with E-state index in [9.17, 15) is 38.0 Å². The van der Waals surface area contributed by atoms with Gasteiger partial charge in [-0.3, -0.25) is 19.2 Å². The topological polar surface area (TPSA) is 192 Å². The number of carbonyl (C=O) groups is 4. The number of benzene rings is 2. The summed E-state index contributed by atoms with van der Waals surface area (Å²) in [6, 6.07) is 8.53. The predicted molar refractivity (Wildman–Crippen MR) is 243 cm³/mol. The van der Waals surface area contributed by atoms with Gasteiger partial charge in [-0.1, -0.05) is 78.6 Å². The predicted octanol–water partition coefficient (Wildman–Crippen LogP) is 6.80. The van der Waals surface area contributed by atoms with Crippen molar-refractivity contribution in [1.82, 2.24) is 10.6 Å². The van der Waals surface area contributed by atoms with E-state index in [0.29, 0.717) is 36.4 Å². The molecule has 348 valence electrons. The van der Waals surface area contributed by atoms with Crippen LogP contribution in [0.3, 0.4) is 0 Å². The Morgan fingerprint density at radius 3 is 1.67 bits per heavy atom. The molecule has 1 heterocycles. The molecular weight excluding hydrogens is 811 g/mol. The number of aryl methyl sites for hydroxylation is 2.